The Hall–Kier alpha value is -5.50. The van der Waals surface area contributed by atoms with E-state index in [2.05, 4.69) is 10.2 Å². The van der Waals surface area contributed by atoms with Gasteiger partial charge in [0, 0.05) is 56.2 Å². The second kappa shape index (κ2) is 14.3. The van der Waals surface area contributed by atoms with Gasteiger partial charge in [0.05, 0.1) is 39.7 Å². The van der Waals surface area contributed by atoms with Crippen molar-refractivity contribution in [1.82, 2.24) is 25.3 Å². The van der Waals surface area contributed by atoms with E-state index in [9.17, 15) is 9.59 Å². The van der Waals surface area contributed by atoms with E-state index < -0.39 is 11.9 Å². The van der Waals surface area contributed by atoms with Crippen molar-refractivity contribution in [2.24, 2.45) is 5.73 Å². The number of amides is 3. The fourth-order valence-corrected chi connectivity index (χ4v) is 5.55. The maximum absolute atomic E-state index is 13.0. The number of hydrogen-bond acceptors (Lipinski definition) is 11. The molecular formula is C33H37N9O5. The molecule has 0 aliphatic carbocycles. The SMILES string of the molecule is COc1ccc(CN(Cc2ccc(OC)cc2)c2ncc(-c3nc(N4CCOCC4)nc4c3CCN4C(=O)NCC(N)=O)cn2)cc1. The number of fused-ring (bicyclic) bond motifs is 1. The van der Waals surface area contributed by atoms with Gasteiger partial charge in [0.15, 0.2) is 0 Å². The lowest BCUT2D eigenvalue weighted by Gasteiger charge is -2.28. The molecular weight excluding hydrogens is 602 g/mol. The van der Waals surface area contributed by atoms with Crippen molar-refractivity contribution in [3.05, 3.63) is 77.6 Å². The predicted octanol–water partition coefficient (Wildman–Crippen LogP) is 2.55. The van der Waals surface area contributed by atoms with Crippen LogP contribution >= 0.6 is 0 Å². The molecule has 2 aliphatic heterocycles. The summed E-state index contributed by atoms with van der Waals surface area (Å²) in [4.78, 5) is 49.4. The first-order valence-corrected chi connectivity index (χ1v) is 15.3. The summed E-state index contributed by atoms with van der Waals surface area (Å²) in [5.74, 6) is 2.47. The lowest BCUT2D eigenvalue weighted by Crippen LogP contribution is -2.43. The normalized spacial score (nSPS) is 14.0. The van der Waals surface area contributed by atoms with Crippen molar-refractivity contribution in [2.75, 3.05) is 68.3 Å². The first-order valence-electron chi connectivity index (χ1n) is 15.3. The molecule has 2 aromatic heterocycles. The molecule has 4 heterocycles. The molecule has 47 heavy (non-hydrogen) atoms. The van der Waals surface area contributed by atoms with Gasteiger partial charge in [-0.1, -0.05) is 24.3 Å². The molecule has 4 aromatic rings. The lowest BCUT2D eigenvalue weighted by atomic mass is 10.1. The number of aromatic nitrogens is 4. The Morgan fingerprint density at radius 2 is 1.49 bits per heavy atom. The van der Waals surface area contributed by atoms with Crippen LogP contribution in [0.25, 0.3) is 11.3 Å². The zero-order valence-electron chi connectivity index (χ0n) is 26.4. The molecule has 0 unspecified atom stereocenters. The number of morpholine rings is 1. The lowest BCUT2D eigenvalue weighted by molar-refractivity contribution is -0.117. The van der Waals surface area contributed by atoms with Gasteiger partial charge in [0.2, 0.25) is 17.8 Å². The second-order valence-electron chi connectivity index (χ2n) is 11.1. The number of carbonyl (C=O) groups excluding carboxylic acids is 2. The molecule has 14 nitrogen and oxygen atoms in total. The van der Waals surface area contributed by atoms with Gasteiger partial charge in [-0.15, -0.1) is 0 Å². The van der Waals surface area contributed by atoms with Crippen molar-refractivity contribution < 1.29 is 23.8 Å². The maximum atomic E-state index is 13.0. The predicted molar refractivity (Wildman–Crippen MR) is 176 cm³/mol. The molecule has 0 bridgehead atoms. The van der Waals surface area contributed by atoms with Crippen LogP contribution in [-0.2, 0) is 29.0 Å². The number of urea groups is 1. The second-order valence-corrected chi connectivity index (χ2v) is 11.1. The van der Waals surface area contributed by atoms with Gasteiger partial charge >= 0.3 is 6.03 Å². The summed E-state index contributed by atoms with van der Waals surface area (Å²) in [7, 11) is 3.29. The third-order valence-corrected chi connectivity index (χ3v) is 8.03. The van der Waals surface area contributed by atoms with E-state index >= 15 is 0 Å². The average molecular weight is 640 g/mol. The van der Waals surface area contributed by atoms with E-state index in [-0.39, 0.29) is 6.54 Å². The van der Waals surface area contributed by atoms with E-state index in [1.54, 1.807) is 26.6 Å². The van der Waals surface area contributed by atoms with Crippen molar-refractivity contribution in [3.8, 4) is 22.8 Å². The van der Waals surface area contributed by atoms with E-state index in [1.165, 1.54) is 4.90 Å². The van der Waals surface area contributed by atoms with Gasteiger partial charge in [0.25, 0.3) is 0 Å². The first kappa shape index (κ1) is 31.5. The summed E-state index contributed by atoms with van der Waals surface area (Å²) in [6.45, 7) is 3.58. The van der Waals surface area contributed by atoms with Gasteiger partial charge in [-0.05, 0) is 41.8 Å². The number of hydrogen-bond donors (Lipinski definition) is 2. The number of nitrogens with two attached hydrogens (primary N) is 1. The Morgan fingerprint density at radius 1 is 0.894 bits per heavy atom. The molecule has 2 aromatic carbocycles. The summed E-state index contributed by atoms with van der Waals surface area (Å²) in [5, 5.41) is 2.57. The average Bonchev–Trinajstić information content (AvgIpc) is 3.55. The minimum atomic E-state index is -0.625. The highest BCUT2D eigenvalue weighted by Crippen LogP contribution is 2.36. The summed E-state index contributed by atoms with van der Waals surface area (Å²) in [5.41, 5.74) is 9.57. The molecule has 1 saturated heterocycles. The fourth-order valence-electron chi connectivity index (χ4n) is 5.55. The van der Waals surface area contributed by atoms with Gasteiger partial charge < -0.3 is 35.1 Å². The Balaban J connectivity index is 1.33. The Kier molecular flexibility index (Phi) is 9.57. The van der Waals surface area contributed by atoms with Crippen LogP contribution in [0.1, 0.15) is 16.7 Å². The Morgan fingerprint density at radius 3 is 2.04 bits per heavy atom. The minimum Gasteiger partial charge on any atom is -0.497 e. The highest BCUT2D eigenvalue weighted by Gasteiger charge is 2.32. The van der Waals surface area contributed by atoms with Crippen LogP contribution < -0.4 is 35.2 Å². The Bertz CT molecular complexity index is 1650. The van der Waals surface area contributed by atoms with Crippen molar-refractivity contribution in [2.45, 2.75) is 19.5 Å². The van der Waals surface area contributed by atoms with Crippen LogP contribution in [0.15, 0.2) is 60.9 Å². The zero-order chi connectivity index (χ0) is 32.8. The topological polar surface area (TPSA) is 161 Å². The molecule has 244 valence electrons. The molecule has 6 rings (SSSR count). The summed E-state index contributed by atoms with van der Waals surface area (Å²) < 4.78 is 16.2. The third kappa shape index (κ3) is 7.33. The van der Waals surface area contributed by atoms with E-state index in [1.807, 2.05) is 53.4 Å². The standard InChI is InChI=1S/C33H37N9O5/c1-45-25-7-3-22(4-8-25)20-41(21-23-5-9-26(46-2)10-6-23)31-35-17-24(18-36-31)29-27-11-12-42(33(44)37-19-28(34)43)30(27)39-32(38-29)40-13-15-47-16-14-40/h3-10,17-18H,11-16,19-21H2,1-2H3,(H2,34,43)(H,37,44). The number of nitrogens with zero attached hydrogens (tertiary/aromatic N) is 7. The molecule has 0 spiro atoms. The summed E-state index contributed by atoms with van der Waals surface area (Å²) in [6, 6.07) is 15.4. The maximum Gasteiger partial charge on any atom is 0.323 e. The van der Waals surface area contributed by atoms with Crippen LogP contribution in [0.3, 0.4) is 0 Å². The number of nitrogens with one attached hydrogen (secondary N) is 1. The fraction of sp³-hybridized carbons (Fsp3) is 0.333. The van der Waals surface area contributed by atoms with Crippen molar-refractivity contribution in [1.29, 1.82) is 0 Å². The quantitative estimate of drug-likeness (QED) is 0.248. The summed E-state index contributed by atoms with van der Waals surface area (Å²) in [6.07, 6.45) is 4.05. The van der Waals surface area contributed by atoms with Crippen molar-refractivity contribution >= 4 is 29.7 Å². The van der Waals surface area contributed by atoms with Crippen LogP contribution in [0, 0.1) is 0 Å². The van der Waals surface area contributed by atoms with Crippen LogP contribution in [0.5, 0.6) is 11.5 Å². The molecule has 0 saturated carbocycles. The van der Waals surface area contributed by atoms with E-state index in [4.69, 9.17) is 39.9 Å². The molecule has 1 fully saturated rings. The molecule has 14 heteroatoms. The molecule has 3 N–H and O–H groups in total. The number of benzene rings is 2. The minimum absolute atomic E-state index is 0.266. The smallest absolute Gasteiger partial charge is 0.323 e. The summed E-state index contributed by atoms with van der Waals surface area (Å²) >= 11 is 0. The van der Waals surface area contributed by atoms with Gasteiger partial charge in [-0.25, -0.2) is 19.7 Å². The highest BCUT2D eigenvalue weighted by molar-refractivity contribution is 5.96. The monoisotopic (exact) mass is 639 g/mol. The van der Waals surface area contributed by atoms with E-state index in [0.717, 1.165) is 28.2 Å². The van der Waals surface area contributed by atoms with Crippen LogP contribution in [0.2, 0.25) is 0 Å². The molecule has 2 aliphatic rings. The third-order valence-electron chi connectivity index (χ3n) is 8.03. The number of methoxy groups -OCH3 is 2. The largest absolute Gasteiger partial charge is 0.497 e. The van der Waals surface area contributed by atoms with Gasteiger partial charge in [0.1, 0.15) is 17.3 Å². The molecule has 0 atom stereocenters. The van der Waals surface area contributed by atoms with Gasteiger partial charge in [-0.3, -0.25) is 9.69 Å². The van der Waals surface area contributed by atoms with Crippen LogP contribution in [-0.4, -0.2) is 85.5 Å². The zero-order valence-corrected chi connectivity index (χ0v) is 26.4. The van der Waals surface area contributed by atoms with Crippen molar-refractivity contribution in [3.63, 3.8) is 0 Å². The Labute approximate surface area is 272 Å². The highest BCUT2D eigenvalue weighted by atomic mass is 16.5. The number of carbonyl (C=O) groups is 2. The van der Waals surface area contributed by atoms with E-state index in [0.29, 0.717) is 81.3 Å². The number of ether oxygens (including phenoxy) is 3. The number of primary amides is 1. The number of anilines is 3. The number of rotatable bonds is 11. The first-order chi connectivity index (χ1) is 22.9. The molecule has 3 amide bonds. The van der Waals surface area contributed by atoms with Gasteiger partial charge in [-0.2, -0.15) is 4.98 Å². The molecule has 0 radical (unpaired) electrons. The van der Waals surface area contributed by atoms with Crippen LogP contribution in [0.4, 0.5) is 22.5 Å².